The molecule has 0 bridgehead atoms. The SMILES string of the molecule is Cc1cccc2c1oc1c(B(O)O)cccc12. The molecule has 0 aliphatic carbocycles. The molecule has 0 amide bonds. The van der Waals surface area contributed by atoms with Gasteiger partial charge in [-0.3, -0.25) is 0 Å². The lowest BCUT2D eigenvalue weighted by Crippen LogP contribution is -2.29. The van der Waals surface area contributed by atoms with Crippen molar-refractivity contribution in [3.63, 3.8) is 0 Å². The Labute approximate surface area is 98.4 Å². The minimum absolute atomic E-state index is 0.401. The Morgan fingerprint density at radius 3 is 2.29 bits per heavy atom. The molecule has 3 aromatic rings. The van der Waals surface area contributed by atoms with Crippen LogP contribution in [0.3, 0.4) is 0 Å². The van der Waals surface area contributed by atoms with Gasteiger partial charge in [0.2, 0.25) is 0 Å². The van der Waals surface area contributed by atoms with E-state index < -0.39 is 7.12 Å². The molecule has 84 valence electrons. The maximum Gasteiger partial charge on any atom is 0.492 e. The number of rotatable bonds is 1. The molecule has 0 aliphatic heterocycles. The topological polar surface area (TPSA) is 53.6 Å². The number of aryl methyl sites for hydroxylation is 1. The highest BCUT2D eigenvalue weighted by molar-refractivity contribution is 6.61. The summed E-state index contributed by atoms with van der Waals surface area (Å²) >= 11 is 0. The van der Waals surface area contributed by atoms with Crippen LogP contribution in [-0.2, 0) is 0 Å². The van der Waals surface area contributed by atoms with Crippen LogP contribution >= 0.6 is 0 Å². The molecule has 0 fully saturated rings. The molecule has 2 N–H and O–H groups in total. The van der Waals surface area contributed by atoms with Gasteiger partial charge in [-0.25, -0.2) is 0 Å². The third-order valence-electron chi connectivity index (χ3n) is 3.03. The minimum Gasteiger partial charge on any atom is -0.456 e. The van der Waals surface area contributed by atoms with Gasteiger partial charge in [-0.2, -0.15) is 0 Å². The third-order valence-corrected chi connectivity index (χ3v) is 3.03. The largest absolute Gasteiger partial charge is 0.492 e. The van der Waals surface area contributed by atoms with Crippen LogP contribution in [0.2, 0.25) is 0 Å². The van der Waals surface area contributed by atoms with Gasteiger partial charge < -0.3 is 14.5 Å². The lowest BCUT2D eigenvalue weighted by molar-refractivity contribution is 0.425. The summed E-state index contributed by atoms with van der Waals surface area (Å²) in [5.41, 5.74) is 2.79. The zero-order valence-corrected chi connectivity index (χ0v) is 9.34. The smallest absolute Gasteiger partial charge is 0.456 e. The van der Waals surface area contributed by atoms with E-state index in [1.54, 1.807) is 12.1 Å². The molecule has 0 radical (unpaired) electrons. The molecule has 4 heteroatoms. The van der Waals surface area contributed by atoms with Gasteiger partial charge in [-0.05, 0) is 12.5 Å². The average Bonchev–Trinajstić information content (AvgIpc) is 2.69. The van der Waals surface area contributed by atoms with Gasteiger partial charge in [-0.1, -0.05) is 36.4 Å². The van der Waals surface area contributed by atoms with Crippen LogP contribution in [0.5, 0.6) is 0 Å². The molecule has 2 aromatic carbocycles. The number of furan rings is 1. The fraction of sp³-hybridized carbons (Fsp3) is 0.0769. The van der Waals surface area contributed by atoms with Crippen molar-refractivity contribution in [1.29, 1.82) is 0 Å². The molecule has 0 spiro atoms. The summed E-state index contributed by atoms with van der Waals surface area (Å²) < 4.78 is 5.76. The molecule has 17 heavy (non-hydrogen) atoms. The van der Waals surface area contributed by atoms with E-state index in [2.05, 4.69) is 0 Å². The Balaban J connectivity index is 2.51. The van der Waals surface area contributed by atoms with Gasteiger partial charge in [0, 0.05) is 16.2 Å². The van der Waals surface area contributed by atoms with Gasteiger partial charge in [0.15, 0.2) is 0 Å². The normalized spacial score (nSPS) is 11.2. The first-order valence-corrected chi connectivity index (χ1v) is 5.45. The van der Waals surface area contributed by atoms with Gasteiger partial charge >= 0.3 is 7.12 Å². The summed E-state index contributed by atoms with van der Waals surface area (Å²) in [6.07, 6.45) is 0. The molecule has 0 atom stereocenters. The van der Waals surface area contributed by atoms with Crippen LogP contribution in [0.15, 0.2) is 40.8 Å². The molecule has 3 rings (SSSR count). The lowest BCUT2D eigenvalue weighted by atomic mass is 9.79. The van der Waals surface area contributed by atoms with Crippen LogP contribution in [-0.4, -0.2) is 17.2 Å². The predicted octanol–water partition coefficient (Wildman–Crippen LogP) is 1.57. The van der Waals surface area contributed by atoms with Gasteiger partial charge in [0.25, 0.3) is 0 Å². The third kappa shape index (κ3) is 1.45. The van der Waals surface area contributed by atoms with Crippen molar-refractivity contribution in [3.05, 3.63) is 42.0 Å². The lowest BCUT2D eigenvalue weighted by Gasteiger charge is -1.98. The Morgan fingerprint density at radius 2 is 1.59 bits per heavy atom. The highest BCUT2D eigenvalue weighted by Crippen LogP contribution is 2.29. The minimum atomic E-state index is -1.51. The van der Waals surface area contributed by atoms with Crippen molar-refractivity contribution in [3.8, 4) is 0 Å². The molecule has 1 aromatic heterocycles. The Hall–Kier alpha value is -1.78. The summed E-state index contributed by atoms with van der Waals surface area (Å²) in [5.74, 6) is 0. The van der Waals surface area contributed by atoms with Gasteiger partial charge in [0.1, 0.15) is 11.2 Å². The van der Waals surface area contributed by atoms with Crippen LogP contribution in [0.25, 0.3) is 21.9 Å². The van der Waals surface area contributed by atoms with Crippen LogP contribution in [0.1, 0.15) is 5.56 Å². The fourth-order valence-electron chi connectivity index (χ4n) is 2.19. The van der Waals surface area contributed by atoms with Gasteiger partial charge in [0.05, 0.1) is 0 Å². The number of fused-ring (bicyclic) bond motifs is 3. The summed E-state index contributed by atoms with van der Waals surface area (Å²) in [7, 11) is -1.51. The molecule has 1 heterocycles. The summed E-state index contributed by atoms with van der Waals surface area (Å²) in [6, 6.07) is 11.3. The second-order valence-electron chi connectivity index (χ2n) is 4.15. The van der Waals surface area contributed by atoms with Crippen LogP contribution in [0.4, 0.5) is 0 Å². The number of benzene rings is 2. The Morgan fingerprint density at radius 1 is 0.941 bits per heavy atom. The Bertz CT molecular complexity index is 700. The van der Waals surface area contributed by atoms with E-state index in [-0.39, 0.29) is 0 Å². The van der Waals surface area contributed by atoms with Crippen molar-refractivity contribution in [2.75, 3.05) is 0 Å². The second-order valence-corrected chi connectivity index (χ2v) is 4.15. The van der Waals surface area contributed by atoms with E-state index in [1.165, 1.54) is 0 Å². The number of para-hydroxylation sites is 2. The summed E-state index contributed by atoms with van der Waals surface area (Å²) in [5, 5.41) is 20.5. The van der Waals surface area contributed by atoms with Crippen molar-refractivity contribution >= 4 is 34.5 Å². The zero-order chi connectivity index (χ0) is 12.0. The average molecular weight is 226 g/mol. The van der Waals surface area contributed by atoms with E-state index in [4.69, 9.17) is 4.42 Å². The molecule has 0 aliphatic rings. The molecule has 0 saturated heterocycles. The Kier molecular flexibility index (Phi) is 2.21. The molecule has 3 nitrogen and oxygen atoms in total. The molecular weight excluding hydrogens is 215 g/mol. The summed E-state index contributed by atoms with van der Waals surface area (Å²) in [6.45, 7) is 1.97. The van der Waals surface area contributed by atoms with Crippen molar-refractivity contribution < 1.29 is 14.5 Å². The first-order chi connectivity index (χ1) is 8.18. The zero-order valence-electron chi connectivity index (χ0n) is 9.34. The first-order valence-electron chi connectivity index (χ1n) is 5.45. The van der Waals surface area contributed by atoms with E-state index >= 15 is 0 Å². The molecule has 0 saturated carbocycles. The monoisotopic (exact) mass is 226 g/mol. The molecule has 0 unspecified atom stereocenters. The van der Waals surface area contributed by atoms with E-state index in [9.17, 15) is 10.0 Å². The number of hydrogen-bond acceptors (Lipinski definition) is 3. The van der Waals surface area contributed by atoms with E-state index in [0.29, 0.717) is 11.0 Å². The van der Waals surface area contributed by atoms with E-state index in [1.807, 2.05) is 31.2 Å². The predicted molar refractivity (Wildman–Crippen MR) is 68.3 cm³/mol. The maximum atomic E-state index is 9.31. The van der Waals surface area contributed by atoms with Crippen LogP contribution < -0.4 is 5.46 Å². The standard InChI is InChI=1S/C13H11BO3/c1-8-4-2-5-9-10-6-3-7-11(14(15)16)13(10)17-12(8)9/h2-7,15-16H,1H3. The van der Waals surface area contributed by atoms with Crippen molar-refractivity contribution in [1.82, 2.24) is 0 Å². The maximum absolute atomic E-state index is 9.31. The quantitative estimate of drug-likeness (QED) is 0.619. The first kappa shape index (κ1) is 10.4. The summed E-state index contributed by atoms with van der Waals surface area (Å²) in [4.78, 5) is 0. The van der Waals surface area contributed by atoms with Crippen molar-refractivity contribution in [2.45, 2.75) is 6.92 Å². The van der Waals surface area contributed by atoms with Gasteiger partial charge in [-0.15, -0.1) is 0 Å². The second kappa shape index (κ2) is 3.62. The van der Waals surface area contributed by atoms with E-state index in [0.717, 1.165) is 21.9 Å². The number of hydrogen-bond donors (Lipinski definition) is 2. The highest BCUT2D eigenvalue weighted by Gasteiger charge is 2.19. The highest BCUT2D eigenvalue weighted by atomic mass is 16.4. The fourth-order valence-corrected chi connectivity index (χ4v) is 2.19. The molecular formula is C13H11BO3. The van der Waals surface area contributed by atoms with Crippen molar-refractivity contribution in [2.24, 2.45) is 0 Å². The van der Waals surface area contributed by atoms with Crippen LogP contribution in [0, 0.1) is 6.92 Å².